The third-order valence-electron chi connectivity index (χ3n) is 12.4. The summed E-state index contributed by atoms with van der Waals surface area (Å²) in [5.74, 6) is 13.4. The van der Waals surface area contributed by atoms with Gasteiger partial charge in [0.05, 0.1) is 0 Å². The van der Waals surface area contributed by atoms with Crippen LogP contribution in [0, 0.1) is 61.2 Å². The molecule has 0 aliphatic rings. The Labute approximate surface area is 547 Å². The number of hydrogen-bond donors (Lipinski definition) is 0. The standard InChI is InChI=1S/C24H26O4.C20H18O4.C18H14O4.C16H10O4/c1-3-5-7-19-9-13-21(14-10-19)27-23(25)17-18-24(26)28-22-15-11-20(12-16-22)8-6-4-2;1-3-15-5-9-17(10-6-15)23-19(21)13-14-20(22)24-18-11-7-16(4-2)8-12-18;1-13-3-7-15(8-4-13)21-17(19)11-12-18(20)22-16-9-5-14(2)6-10-16;17-15(19-13-7-3-1-4-8-13)11-12-16(18)20-14-9-5-2-6-10-14/h9-16H,3-8H2,1-2H3;5-12H,3-4H2,1-2H3;3-10H,1-2H3;1-10H. The first-order valence-corrected chi connectivity index (χ1v) is 29.9. The van der Waals surface area contributed by atoms with Crippen molar-refractivity contribution in [2.45, 2.75) is 92.9 Å². The fourth-order valence-corrected chi connectivity index (χ4v) is 7.45. The van der Waals surface area contributed by atoms with Crippen LogP contribution in [0.2, 0.25) is 0 Å². The zero-order valence-electron chi connectivity index (χ0n) is 52.8. The predicted octanol–water partition coefficient (Wildman–Crippen LogP) is 13.2. The van der Waals surface area contributed by atoms with Gasteiger partial charge in [0.25, 0.3) is 0 Å². The van der Waals surface area contributed by atoms with Gasteiger partial charge in [0.2, 0.25) is 0 Å². The Bertz CT molecular complexity index is 3780. The fraction of sp³-hybridized carbons (Fsp3) is 0.179. The first-order valence-electron chi connectivity index (χ1n) is 29.9. The second kappa shape index (κ2) is 41.1. The Morgan fingerprint density at radius 3 is 0.617 bits per heavy atom. The zero-order valence-corrected chi connectivity index (χ0v) is 52.8. The van der Waals surface area contributed by atoms with E-state index < -0.39 is 47.8 Å². The van der Waals surface area contributed by atoms with E-state index in [1.807, 2.05) is 100 Å². The Hall–Kier alpha value is -12.2. The molecule has 0 saturated heterocycles. The topological polar surface area (TPSA) is 210 Å². The van der Waals surface area contributed by atoms with E-state index in [-0.39, 0.29) is 0 Å². The molecule has 0 N–H and O–H groups in total. The lowest BCUT2D eigenvalue weighted by atomic mass is 10.1. The van der Waals surface area contributed by atoms with Crippen molar-refractivity contribution in [3.63, 3.8) is 0 Å². The average molecular weight is 1260 g/mol. The summed E-state index contributed by atoms with van der Waals surface area (Å²) in [7, 11) is 0. The second-order valence-electron chi connectivity index (χ2n) is 19.9. The van der Waals surface area contributed by atoms with E-state index in [0.29, 0.717) is 46.0 Å². The van der Waals surface area contributed by atoms with Crippen molar-refractivity contribution in [2.75, 3.05) is 0 Å². The number of aryl methyl sites for hydroxylation is 6. The molecule has 0 fully saturated rings. The van der Waals surface area contributed by atoms with Crippen molar-refractivity contribution in [1.29, 1.82) is 0 Å². The van der Waals surface area contributed by atoms with Crippen molar-refractivity contribution < 1.29 is 76.3 Å². The van der Waals surface area contributed by atoms with Gasteiger partial charge in [-0.15, -0.1) is 0 Å². The lowest BCUT2D eigenvalue weighted by Gasteiger charge is -2.03. The second-order valence-corrected chi connectivity index (χ2v) is 19.9. The minimum Gasteiger partial charge on any atom is -0.417 e. The summed E-state index contributed by atoms with van der Waals surface area (Å²) >= 11 is 0. The summed E-state index contributed by atoms with van der Waals surface area (Å²) in [6, 6.07) is 59.6. The Balaban J connectivity index is 0.000000229. The number of hydrogen-bond acceptors (Lipinski definition) is 16. The summed E-state index contributed by atoms with van der Waals surface area (Å²) in [5, 5.41) is 0. The van der Waals surface area contributed by atoms with Crippen LogP contribution in [-0.4, -0.2) is 47.8 Å². The van der Waals surface area contributed by atoms with Gasteiger partial charge in [-0.1, -0.05) is 161 Å². The molecule has 0 aliphatic heterocycles. The smallest absolute Gasteiger partial charge is 0.390 e. The van der Waals surface area contributed by atoms with Gasteiger partial charge >= 0.3 is 47.8 Å². The van der Waals surface area contributed by atoms with Gasteiger partial charge in [0.1, 0.15) is 46.0 Å². The van der Waals surface area contributed by atoms with Crippen LogP contribution in [-0.2, 0) is 64.0 Å². The van der Waals surface area contributed by atoms with Gasteiger partial charge in [0.15, 0.2) is 0 Å². The molecule has 0 unspecified atom stereocenters. The summed E-state index contributed by atoms with van der Waals surface area (Å²) in [6.45, 7) is 12.2. The van der Waals surface area contributed by atoms with E-state index in [2.05, 4.69) is 61.2 Å². The first-order chi connectivity index (χ1) is 45.5. The molecule has 0 saturated carbocycles. The van der Waals surface area contributed by atoms with Crippen LogP contribution >= 0.6 is 0 Å². The van der Waals surface area contributed by atoms with E-state index in [1.165, 1.54) is 11.1 Å². The number of carbonyl (C=O) groups excluding carboxylic acids is 8. The van der Waals surface area contributed by atoms with Crippen LogP contribution < -0.4 is 37.9 Å². The van der Waals surface area contributed by atoms with Gasteiger partial charge in [-0.05, 0) is 172 Å². The maximum Gasteiger partial charge on any atom is 0.390 e. The quantitative estimate of drug-likeness (QED) is 0.0381. The number of ether oxygens (including phenoxy) is 8. The first kappa shape index (κ1) is 72.5. The molecule has 0 spiro atoms. The van der Waals surface area contributed by atoms with Gasteiger partial charge in [-0.3, -0.25) is 0 Å². The van der Waals surface area contributed by atoms with E-state index in [1.54, 1.807) is 133 Å². The van der Waals surface area contributed by atoms with Crippen molar-refractivity contribution in [3.8, 4) is 93.4 Å². The van der Waals surface area contributed by atoms with Gasteiger partial charge in [-0.2, -0.15) is 0 Å². The fourth-order valence-electron chi connectivity index (χ4n) is 7.45. The van der Waals surface area contributed by atoms with E-state index >= 15 is 0 Å². The number of unbranched alkanes of at least 4 members (excludes halogenated alkanes) is 2. The number of para-hydroxylation sites is 2. The van der Waals surface area contributed by atoms with Crippen molar-refractivity contribution in [3.05, 3.63) is 240 Å². The highest BCUT2D eigenvalue weighted by molar-refractivity contribution is 6.02. The lowest BCUT2D eigenvalue weighted by Crippen LogP contribution is -2.08. The summed E-state index contributed by atoms with van der Waals surface area (Å²) in [5.41, 5.74) is 6.76. The minimum absolute atomic E-state index is 0.364. The lowest BCUT2D eigenvalue weighted by molar-refractivity contribution is -0.130. The highest BCUT2D eigenvalue weighted by Crippen LogP contribution is 2.19. The van der Waals surface area contributed by atoms with Crippen LogP contribution in [0.1, 0.15) is 86.8 Å². The molecule has 0 aliphatic carbocycles. The molecule has 0 amide bonds. The normalized spacial score (nSPS) is 9.51. The Kier molecular flexibility index (Phi) is 31.7. The SMILES string of the molecule is CCCCc1ccc(OC(=O)C#CC(=O)Oc2ccc(CCCC)cc2)cc1.CCc1ccc(OC(=O)C#CC(=O)Oc2ccc(CC)cc2)cc1.Cc1ccc(OC(=O)C#CC(=O)Oc2ccc(C)cc2)cc1.O=C(C#CC(=O)Oc1ccccc1)Oc1ccccc1. The molecule has 0 radical (unpaired) electrons. The minimum atomic E-state index is -0.818. The van der Waals surface area contributed by atoms with Gasteiger partial charge < -0.3 is 37.9 Å². The summed E-state index contributed by atoms with van der Waals surface area (Å²) in [4.78, 5) is 92.5. The molecule has 0 aromatic heterocycles. The van der Waals surface area contributed by atoms with E-state index in [9.17, 15) is 38.4 Å². The molecule has 0 atom stereocenters. The summed E-state index contributed by atoms with van der Waals surface area (Å²) < 4.78 is 40.0. The Morgan fingerprint density at radius 2 is 0.426 bits per heavy atom. The van der Waals surface area contributed by atoms with E-state index in [0.717, 1.165) is 73.6 Å². The predicted molar refractivity (Wildman–Crippen MR) is 353 cm³/mol. The molecule has 0 heterocycles. The number of benzene rings is 8. The van der Waals surface area contributed by atoms with E-state index in [4.69, 9.17) is 37.9 Å². The monoisotopic (exact) mass is 1260 g/mol. The molecule has 16 nitrogen and oxygen atoms in total. The summed E-state index contributed by atoms with van der Waals surface area (Å²) in [6.07, 6.45) is 8.29. The third-order valence-corrected chi connectivity index (χ3v) is 12.4. The maximum atomic E-state index is 11.8. The van der Waals surface area contributed by atoms with Gasteiger partial charge in [-0.25, -0.2) is 38.4 Å². The third kappa shape index (κ3) is 30.3. The maximum absolute atomic E-state index is 11.8. The van der Waals surface area contributed by atoms with Crippen LogP contribution in [0.25, 0.3) is 0 Å². The molecular weight excluding hydrogens is 1190 g/mol. The number of esters is 8. The van der Waals surface area contributed by atoms with Crippen LogP contribution in [0.15, 0.2) is 206 Å². The molecule has 8 aromatic rings. The average Bonchev–Trinajstić information content (AvgIpc) is 2.69. The molecule has 0 bridgehead atoms. The molecule has 16 heteroatoms. The van der Waals surface area contributed by atoms with Crippen LogP contribution in [0.5, 0.6) is 46.0 Å². The molecule has 8 rings (SSSR count). The number of rotatable bonds is 16. The highest BCUT2D eigenvalue weighted by atomic mass is 16.6. The highest BCUT2D eigenvalue weighted by Gasteiger charge is 2.09. The number of carbonyl (C=O) groups is 8. The molecular formula is C78H68O16. The molecule has 476 valence electrons. The van der Waals surface area contributed by atoms with Crippen molar-refractivity contribution in [1.82, 2.24) is 0 Å². The largest absolute Gasteiger partial charge is 0.417 e. The van der Waals surface area contributed by atoms with Crippen LogP contribution in [0.4, 0.5) is 0 Å². The Morgan fingerprint density at radius 1 is 0.245 bits per heavy atom. The van der Waals surface area contributed by atoms with Gasteiger partial charge in [0, 0.05) is 47.4 Å². The zero-order chi connectivity index (χ0) is 67.7. The van der Waals surface area contributed by atoms with Crippen LogP contribution in [0.3, 0.4) is 0 Å². The molecule has 94 heavy (non-hydrogen) atoms. The molecule has 8 aromatic carbocycles. The van der Waals surface area contributed by atoms with Crippen molar-refractivity contribution >= 4 is 47.8 Å². The van der Waals surface area contributed by atoms with Crippen molar-refractivity contribution in [2.24, 2.45) is 0 Å².